The number of hydrogen-bond acceptors (Lipinski definition) is 4. The monoisotopic (exact) mass is 228 g/mol. The Labute approximate surface area is 98.5 Å². The van der Waals surface area contributed by atoms with Crippen LogP contribution in [0.25, 0.3) is 0 Å². The predicted molar refractivity (Wildman–Crippen MR) is 64.4 cm³/mol. The van der Waals surface area contributed by atoms with E-state index < -0.39 is 0 Å². The highest BCUT2D eigenvalue weighted by atomic mass is 16.5. The van der Waals surface area contributed by atoms with Crippen LogP contribution in [0.4, 0.5) is 0 Å². The number of esters is 1. The van der Waals surface area contributed by atoms with Crippen LogP contribution >= 0.6 is 0 Å². The van der Waals surface area contributed by atoms with Gasteiger partial charge in [-0.1, -0.05) is 0 Å². The summed E-state index contributed by atoms with van der Waals surface area (Å²) in [4.78, 5) is 15.8. The number of methoxy groups -OCH3 is 1. The standard InChI is InChI=1S/C12H24N2O2/c1-11(10-12(15)16-3)13(2)8-9-14-6-4-5-7-14/h11H,4-10H2,1-3H3. The third-order valence-electron chi connectivity index (χ3n) is 3.41. The van der Waals surface area contributed by atoms with Crippen LogP contribution < -0.4 is 0 Å². The molecule has 1 rings (SSSR count). The lowest BCUT2D eigenvalue weighted by atomic mass is 10.2. The van der Waals surface area contributed by atoms with Crippen LogP contribution in [0.5, 0.6) is 0 Å². The highest BCUT2D eigenvalue weighted by molar-refractivity contribution is 5.69. The number of carbonyl (C=O) groups excluding carboxylic acids is 1. The fourth-order valence-corrected chi connectivity index (χ4v) is 2.01. The lowest BCUT2D eigenvalue weighted by Gasteiger charge is -2.26. The van der Waals surface area contributed by atoms with Gasteiger partial charge in [0.05, 0.1) is 13.5 Å². The van der Waals surface area contributed by atoms with Gasteiger partial charge in [0.1, 0.15) is 0 Å². The van der Waals surface area contributed by atoms with Crippen molar-refractivity contribution in [1.82, 2.24) is 9.80 Å². The van der Waals surface area contributed by atoms with Gasteiger partial charge in [-0.2, -0.15) is 0 Å². The molecule has 0 spiro atoms. The highest BCUT2D eigenvalue weighted by Crippen LogP contribution is 2.08. The quantitative estimate of drug-likeness (QED) is 0.634. The smallest absolute Gasteiger partial charge is 0.307 e. The molecule has 4 nitrogen and oxygen atoms in total. The molecule has 1 fully saturated rings. The molecule has 0 N–H and O–H groups in total. The maximum absolute atomic E-state index is 11.1. The maximum atomic E-state index is 11.1. The summed E-state index contributed by atoms with van der Waals surface area (Å²) in [7, 11) is 3.52. The minimum atomic E-state index is -0.125. The average Bonchev–Trinajstić information content (AvgIpc) is 2.78. The van der Waals surface area contributed by atoms with Crippen molar-refractivity contribution in [1.29, 1.82) is 0 Å². The summed E-state index contributed by atoms with van der Waals surface area (Å²) in [5.41, 5.74) is 0. The predicted octanol–water partition coefficient (Wildman–Crippen LogP) is 0.966. The van der Waals surface area contributed by atoms with Gasteiger partial charge in [-0.3, -0.25) is 4.79 Å². The van der Waals surface area contributed by atoms with Crippen molar-refractivity contribution in [3.05, 3.63) is 0 Å². The number of rotatable bonds is 6. The van der Waals surface area contributed by atoms with Crippen molar-refractivity contribution < 1.29 is 9.53 Å². The van der Waals surface area contributed by atoms with Crippen molar-refractivity contribution in [2.75, 3.05) is 40.3 Å². The number of hydrogen-bond donors (Lipinski definition) is 0. The molecule has 0 amide bonds. The van der Waals surface area contributed by atoms with Crippen LogP contribution in [0.3, 0.4) is 0 Å². The summed E-state index contributed by atoms with van der Waals surface area (Å²) in [6.07, 6.45) is 3.15. The average molecular weight is 228 g/mol. The molecule has 1 aliphatic heterocycles. The van der Waals surface area contributed by atoms with Crippen molar-refractivity contribution in [2.45, 2.75) is 32.2 Å². The lowest BCUT2D eigenvalue weighted by molar-refractivity contribution is -0.141. The van der Waals surface area contributed by atoms with E-state index in [9.17, 15) is 4.79 Å². The van der Waals surface area contributed by atoms with Crippen LogP contribution in [0, 0.1) is 0 Å². The molecule has 94 valence electrons. The second-order valence-electron chi connectivity index (χ2n) is 4.66. The Balaban J connectivity index is 2.17. The Bertz CT molecular complexity index is 215. The van der Waals surface area contributed by atoms with Crippen LogP contribution in [0.2, 0.25) is 0 Å². The first-order chi connectivity index (χ1) is 7.63. The first-order valence-corrected chi connectivity index (χ1v) is 6.13. The molecular formula is C12H24N2O2. The Hall–Kier alpha value is -0.610. The minimum Gasteiger partial charge on any atom is -0.469 e. The van der Waals surface area contributed by atoms with Crippen LogP contribution in [-0.4, -0.2) is 62.1 Å². The van der Waals surface area contributed by atoms with Gasteiger partial charge >= 0.3 is 5.97 Å². The Kier molecular flexibility index (Phi) is 5.77. The minimum absolute atomic E-state index is 0.125. The zero-order chi connectivity index (χ0) is 12.0. The first-order valence-electron chi connectivity index (χ1n) is 6.13. The second-order valence-corrected chi connectivity index (χ2v) is 4.66. The summed E-state index contributed by atoms with van der Waals surface area (Å²) in [5, 5.41) is 0. The molecule has 1 atom stereocenters. The summed E-state index contributed by atoms with van der Waals surface area (Å²) in [5.74, 6) is -0.125. The second kappa shape index (κ2) is 6.86. The number of likely N-dealkylation sites (N-methyl/N-ethyl adjacent to an activating group) is 1. The molecule has 0 saturated carbocycles. The summed E-state index contributed by atoms with van der Waals surface area (Å²) in [6, 6.07) is 0.259. The van der Waals surface area contributed by atoms with Crippen LogP contribution in [0.1, 0.15) is 26.2 Å². The van der Waals surface area contributed by atoms with Crippen LogP contribution in [-0.2, 0) is 9.53 Å². The van der Waals surface area contributed by atoms with Crippen molar-refractivity contribution in [2.24, 2.45) is 0 Å². The largest absolute Gasteiger partial charge is 0.469 e. The molecule has 0 aromatic carbocycles. The number of carbonyl (C=O) groups is 1. The molecule has 1 saturated heterocycles. The van der Waals surface area contributed by atoms with Gasteiger partial charge in [-0.15, -0.1) is 0 Å². The van der Waals surface area contributed by atoms with Crippen molar-refractivity contribution >= 4 is 5.97 Å². The molecule has 4 heteroatoms. The molecule has 0 aromatic heterocycles. The topological polar surface area (TPSA) is 32.8 Å². The van der Waals surface area contributed by atoms with E-state index >= 15 is 0 Å². The van der Waals surface area contributed by atoms with E-state index in [0.29, 0.717) is 6.42 Å². The third kappa shape index (κ3) is 4.49. The Morgan fingerprint density at radius 1 is 1.44 bits per heavy atom. The summed E-state index contributed by atoms with van der Waals surface area (Å²) < 4.78 is 4.67. The van der Waals surface area contributed by atoms with Crippen LogP contribution in [0.15, 0.2) is 0 Å². The number of ether oxygens (including phenoxy) is 1. The van der Waals surface area contributed by atoms with Gasteiger partial charge in [-0.25, -0.2) is 0 Å². The van der Waals surface area contributed by atoms with Gasteiger partial charge in [0.2, 0.25) is 0 Å². The highest BCUT2D eigenvalue weighted by Gasteiger charge is 2.16. The number of likely N-dealkylation sites (tertiary alicyclic amines) is 1. The fraction of sp³-hybridized carbons (Fsp3) is 0.917. The molecule has 0 radical (unpaired) electrons. The molecular weight excluding hydrogens is 204 g/mol. The van der Waals surface area contributed by atoms with E-state index in [-0.39, 0.29) is 12.0 Å². The SMILES string of the molecule is COC(=O)CC(C)N(C)CCN1CCCC1. The first kappa shape index (κ1) is 13.5. The number of nitrogens with zero attached hydrogens (tertiary/aromatic N) is 2. The van der Waals surface area contributed by atoms with Gasteiger partial charge < -0.3 is 14.5 Å². The van der Waals surface area contributed by atoms with Gasteiger partial charge in [0.15, 0.2) is 0 Å². The zero-order valence-electron chi connectivity index (χ0n) is 10.7. The molecule has 1 aliphatic rings. The van der Waals surface area contributed by atoms with E-state index in [0.717, 1.165) is 13.1 Å². The van der Waals surface area contributed by atoms with E-state index in [2.05, 4.69) is 28.5 Å². The van der Waals surface area contributed by atoms with Gasteiger partial charge in [0, 0.05) is 19.1 Å². The van der Waals surface area contributed by atoms with E-state index in [1.54, 1.807) is 0 Å². The Morgan fingerprint density at radius 2 is 2.06 bits per heavy atom. The molecule has 0 aromatic rings. The zero-order valence-corrected chi connectivity index (χ0v) is 10.7. The molecule has 1 unspecified atom stereocenters. The van der Waals surface area contributed by atoms with E-state index in [4.69, 9.17) is 0 Å². The molecule has 0 bridgehead atoms. The lowest BCUT2D eigenvalue weighted by Crippen LogP contribution is -2.37. The van der Waals surface area contributed by atoms with Crippen molar-refractivity contribution in [3.63, 3.8) is 0 Å². The fourth-order valence-electron chi connectivity index (χ4n) is 2.01. The Morgan fingerprint density at radius 3 is 2.62 bits per heavy atom. The summed E-state index contributed by atoms with van der Waals surface area (Å²) in [6.45, 7) is 6.68. The van der Waals surface area contributed by atoms with Gasteiger partial charge in [0.25, 0.3) is 0 Å². The van der Waals surface area contributed by atoms with Gasteiger partial charge in [-0.05, 0) is 39.9 Å². The third-order valence-corrected chi connectivity index (χ3v) is 3.41. The maximum Gasteiger partial charge on any atom is 0.307 e. The molecule has 1 heterocycles. The van der Waals surface area contributed by atoms with E-state index in [1.165, 1.54) is 33.0 Å². The van der Waals surface area contributed by atoms with Crippen molar-refractivity contribution in [3.8, 4) is 0 Å². The molecule has 16 heavy (non-hydrogen) atoms. The van der Waals surface area contributed by atoms with E-state index in [1.807, 2.05) is 0 Å². The molecule has 0 aliphatic carbocycles. The summed E-state index contributed by atoms with van der Waals surface area (Å²) >= 11 is 0. The normalized spacial score (nSPS) is 19.0.